The van der Waals surface area contributed by atoms with Gasteiger partial charge in [-0.15, -0.1) is 0 Å². The van der Waals surface area contributed by atoms with Crippen molar-refractivity contribution in [2.45, 2.75) is 37.8 Å². The summed E-state index contributed by atoms with van der Waals surface area (Å²) in [6.45, 7) is 2.92. The van der Waals surface area contributed by atoms with Gasteiger partial charge in [0, 0.05) is 44.6 Å². The molecule has 2 fully saturated rings. The molecule has 0 spiro atoms. The van der Waals surface area contributed by atoms with Crippen LogP contribution in [-0.2, 0) is 4.74 Å². The fourth-order valence-corrected chi connectivity index (χ4v) is 4.61. The number of hydrogen-bond donors (Lipinski definition) is 3. The minimum absolute atomic E-state index is 0.0778. The molecule has 0 unspecified atom stereocenters. The lowest BCUT2D eigenvalue weighted by Crippen LogP contribution is -2.46. The molecule has 0 atom stereocenters. The smallest absolute Gasteiger partial charge is 0.227 e. The lowest BCUT2D eigenvalue weighted by Gasteiger charge is -2.31. The van der Waals surface area contributed by atoms with Gasteiger partial charge in [-0.05, 0) is 31.7 Å². The highest BCUT2D eigenvalue weighted by atomic mass is 16.5. The second-order valence-corrected chi connectivity index (χ2v) is 8.89. The van der Waals surface area contributed by atoms with E-state index in [2.05, 4.69) is 29.9 Å². The van der Waals surface area contributed by atoms with Gasteiger partial charge in [0.05, 0.1) is 42.3 Å². The number of nitrogens with one attached hydrogen (secondary N) is 1. The maximum Gasteiger partial charge on any atom is 0.227 e. The second-order valence-electron chi connectivity index (χ2n) is 8.89. The molecule has 3 aromatic rings. The number of fused-ring (bicyclic) bond motifs is 1. The van der Waals surface area contributed by atoms with E-state index in [0.717, 1.165) is 55.5 Å². The summed E-state index contributed by atoms with van der Waals surface area (Å²) in [6.07, 6.45) is 11.5. The van der Waals surface area contributed by atoms with E-state index in [1.807, 2.05) is 30.9 Å². The first-order chi connectivity index (χ1) is 17.1. The summed E-state index contributed by atoms with van der Waals surface area (Å²) in [5.74, 6) is 13.1. The summed E-state index contributed by atoms with van der Waals surface area (Å²) in [4.78, 5) is 20.5. The third-order valence-corrected chi connectivity index (χ3v) is 6.52. The predicted molar refractivity (Wildman–Crippen MR) is 133 cm³/mol. The first-order valence-electron chi connectivity index (χ1n) is 11.9. The van der Waals surface area contributed by atoms with Crippen LogP contribution in [0.15, 0.2) is 42.0 Å². The van der Waals surface area contributed by atoms with Gasteiger partial charge in [0.1, 0.15) is 11.9 Å². The Morgan fingerprint density at radius 1 is 1.23 bits per heavy atom. The molecule has 12 nitrogen and oxygen atoms in total. The Hall–Kier alpha value is -3.48. The van der Waals surface area contributed by atoms with Gasteiger partial charge in [-0.1, -0.05) is 0 Å². The Kier molecular flexibility index (Phi) is 6.93. The van der Waals surface area contributed by atoms with Crippen LogP contribution in [0.2, 0.25) is 0 Å². The Balaban J connectivity index is 1.44. The van der Waals surface area contributed by atoms with Crippen molar-refractivity contribution in [3.63, 3.8) is 0 Å². The number of nitrogens with two attached hydrogens (primary N) is 2. The van der Waals surface area contributed by atoms with Crippen molar-refractivity contribution in [1.82, 2.24) is 30.0 Å². The van der Waals surface area contributed by atoms with Crippen molar-refractivity contribution in [3.05, 3.63) is 37.1 Å². The molecule has 186 valence electrons. The van der Waals surface area contributed by atoms with Crippen LogP contribution < -0.4 is 26.7 Å². The number of ether oxygens (including phenoxy) is 2. The third-order valence-electron chi connectivity index (χ3n) is 6.52. The number of hydrogen-bond acceptors (Lipinski definition) is 9. The van der Waals surface area contributed by atoms with Gasteiger partial charge < -0.3 is 18.9 Å². The Morgan fingerprint density at radius 3 is 2.71 bits per heavy atom. The van der Waals surface area contributed by atoms with Gasteiger partial charge >= 0.3 is 0 Å². The maximum atomic E-state index is 6.54. The summed E-state index contributed by atoms with van der Waals surface area (Å²) in [6, 6.07) is 4.36. The second kappa shape index (κ2) is 10.4. The van der Waals surface area contributed by atoms with Gasteiger partial charge in [0.15, 0.2) is 0 Å². The summed E-state index contributed by atoms with van der Waals surface area (Å²) < 4.78 is 14.2. The fourth-order valence-electron chi connectivity index (χ4n) is 4.61. The van der Waals surface area contributed by atoms with Gasteiger partial charge in [-0.3, -0.25) is 15.4 Å². The van der Waals surface area contributed by atoms with Crippen LogP contribution in [0.4, 0.5) is 11.5 Å². The topological polar surface area (TPSA) is 145 Å². The number of rotatable bonds is 5. The predicted octanol–water partition coefficient (Wildman–Crippen LogP) is 1.48. The molecule has 1 saturated heterocycles. The van der Waals surface area contributed by atoms with E-state index in [1.54, 1.807) is 13.2 Å². The zero-order valence-electron chi connectivity index (χ0n) is 19.9. The van der Waals surface area contributed by atoms with E-state index in [1.165, 1.54) is 5.01 Å². The lowest BCUT2D eigenvalue weighted by atomic mass is 9.93. The average Bonchev–Trinajstić information content (AvgIpc) is 3.43. The molecule has 1 saturated carbocycles. The number of nitrogens with zero attached hydrogens (tertiary/aromatic N) is 7. The largest absolute Gasteiger partial charge is 0.474 e. The van der Waals surface area contributed by atoms with Crippen LogP contribution >= 0.6 is 0 Å². The summed E-state index contributed by atoms with van der Waals surface area (Å²) >= 11 is 0. The van der Waals surface area contributed by atoms with Crippen LogP contribution in [0, 0.1) is 0 Å². The Morgan fingerprint density at radius 2 is 2.03 bits per heavy atom. The fraction of sp³-hybridized carbons (Fsp3) is 0.478. The van der Waals surface area contributed by atoms with Gasteiger partial charge in [0.25, 0.3) is 0 Å². The van der Waals surface area contributed by atoms with E-state index < -0.39 is 0 Å². The zero-order valence-corrected chi connectivity index (χ0v) is 19.9. The van der Waals surface area contributed by atoms with Crippen LogP contribution in [0.3, 0.4) is 0 Å². The van der Waals surface area contributed by atoms with Gasteiger partial charge in [-0.25, -0.2) is 21.7 Å². The van der Waals surface area contributed by atoms with Crippen LogP contribution in [0.25, 0.3) is 10.9 Å². The van der Waals surface area contributed by atoms with E-state index in [-0.39, 0.29) is 6.10 Å². The zero-order chi connectivity index (χ0) is 24.2. The van der Waals surface area contributed by atoms with Crippen LogP contribution in [-0.4, -0.2) is 69.9 Å². The molecule has 5 rings (SSSR count). The van der Waals surface area contributed by atoms with Crippen molar-refractivity contribution in [2.24, 2.45) is 16.7 Å². The molecule has 0 radical (unpaired) electrons. The molecule has 12 heteroatoms. The van der Waals surface area contributed by atoms with Gasteiger partial charge in [-0.2, -0.15) is 4.98 Å². The maximum absolute atomic E-state index is 6.54. The van der Waals surface area contributed by atoms with Gasteiger partial charge in [0.2, 0.25) is 11.8 Å². The number of pyridine rings is 2. The van der Waals surface area contributed by atoms with Crippen molar-refractivity contribution in [1.29, 1.82) is 0 Å². The minimum Gasteiger partial charge on any atom is -0.474 e. The number of hydrazine groups is 2. The molecule has 1 aliphatic carbocycles. The number of aromatic nitrogens is 4. The Bertz CT molecular complexity index is 1150. The summed E-state index contributed by atoms with van der Waals surface area (Å²) in [5.41, 5.74) is 3.89. The first kappa shape index (κ1) is 23.3. The number of anilines is 1. The quantitative estimate of drug-likeness (QED) is 0.212. The minimum atomic E-state index is 0.0778. The lowest BCUT2D eigenvalue weighted by molar-refractivity contribution is 0.121. The van der Waals surface area contributed by atoms with E-state index in [4.69, 9.17) is 26.1 Å². The normalized spacial score (nSPS) is 21.2. The SMILES string of the molecule is CN(N)C(=Nc1cnc2cc(N3CCOCC3)nc(OC3CCC(n4ccnc4)CC3)c2c1)NN. The average molecular weight is 481 g/mol. The molecule has 0 aromatic carbocycles. The monoisotopic (exact) mass is 480 g/mol. The van der Waals surface area contributed by atoms with E-state index >= 15 is 0 Å². The van der Waals surface area contributed by atoms with Crippen LogP contribution in [0.1, 0.15) is 31.7 Å². The van der Waals surface area contributed by atoms with Crippen molar-refractivity contribution in [2.75, 3.05) is 38.3 Å². The summed E-state index contributed by atoms with van der Waals surface area (Å²) in [7, 11) is 1.65. The van der Waals surface area contributed by atoms with E-state index in [0.29, 0.717) is 36.8 Å². The number of morpholine rings is 1. The Labute approximate surface area is 203 Å². The molecular formula is C23H32N10O2. The molecule has 3 aromatic heterocycles. The molecule has 4 heterocycles. The highest BCUT2D eigenvalue weighted by molar-refractivity contribution is 5.89. The molecule has 35 heavy (non-hydrogen) atoms. The number of guanidine groups is 1. The van der Waals surface area contributed by atoms with E-state index in [9.17, 15) is 0 Å². The van der Waals surface area contributed by atoms with Crippen molar-refractivity contribution >= 4 is 28.4 Å². The van der Waals surface area contributed by atoms with Crippen molar-refractivity contribution < 1.29 is 9.47 Å². The molecular weight excluding hydrogens is 448 g/mol. The molecule has 0 bridgehead atoms. The van der Waals surface area contributed by atoms with Crippen molar-refractivity contribution in [3.8, 4) is 5.88 Å². The molecule has 2 aliphatic rings. The summed E-state index contributed by atoms with van der Waals surface area (Å²) in [5, 5.41) is 2.11. The first-order valence-corrected chi connectivity index (χ1v) is 11.9. The third kappa shape index (κ3) is 5.29. The highest BCUT2D eigenvalue weighted by Crippen LogP contribution is 2.35. The standard InChI is InChI=1S/C23H32N10O2/c1-31(25)23(30-24)28-16-12-19-20(27-14-16)13-21(32-8-10-34-11-9-32)29-22(19)35-18-4-2-17(3-5-18)33-7-6-26-15-33/h6-7,12-15,17-18H,2-5,8-11,24-25H2,1H3,(H,28,30). The molecule has 0 amide bonds. The molecule has 1 aliphatic heterocycles. The van der Waals surface area contributed by atoms with Crippen LogP contribution in [0.5, 0.6) is 5.88 Å². The number of aliphatic imine (C=N–C) groups is 1. The molecule has 5 N–H and O–H groups in total. The highest BCUT2D eigenvalue weighted by Gasteiger charge is 2.25. The number of imidazole rings is 1.